The Morgan fingerprint density at radius 1 is 1.30 bits per heavy atom. The highest BCUT2D eigenvalue weighted by Gasteiger charge is 2.11. The molecule has 1 aromatic carbocycles. The van der Waals surface area contributed by atoms with E-state index >= 15 is 0 Å². The fourth-order valence-corrected chi connectivity index (χ4v) is 2.54. The maximum absolute atomic E-state index is 11.9. The molecule has 0 amide bonds. The van der Waals surface area contributed by atoms with Gasteiger partial charge in [0, 0.05) is 35.3 Å². The van der Waals surface area contributed by atoms with E-state index in [4.69, 9.17) is 11.6 Å². The third kappa shape index (κ3) is 3.25. The predicted octanol–water partition coefficient (Wildman–Crippen LogP) is 2.37. The Morgan fingerprint density at radius 3 is 2.83 bits per heavy atom. The van der Waals surface area contributed by atoms with Gasteiger partial charge in [0.1, 0.15) is 10.0 Å². The summed E-state index contributed by atoms with van der Waals surface area (Å²) in [6.45, 7) is 0.0803. The molecule has 0 radical (unpaired) electrons. The first-order chi connectivity index (χ1) is 11.0. The fourth-order valence-electron chi connectivity index (χ4n) is 1.93. The molecule has 2 heterocycles. The summed E-state index contributed by atoms with van der Waals surface area (Å²) in [6.07, 6.45) is 0. The number of nitro benzene ring substituents is 1. The summed E-state index contributed by atoms with van der Waals surface area (Å²) in [4.78, 5) is 22.3. The summed E-state index contributed by atoms with van der Waals surface area (Å²) in [7, 11) is 0. The van der Waals surface area contributed by atoms with Crippen molar-refractivity contribution in [2.45, 2.75) is 6.54 Å². The standard InChI is InChI=1S/C13H8ClN5O3S/c14-13-11(15-17-23-13)7-18-12(20)5-4-10(16-18)8-2-1-3-9(6-8)19(21)22/h1-6H,7H2. The van der Waals surface area contributed by atoms with Gasteiger partial charge in [0.25, 0.3) is 11.2 Å². The van der Waals surface area contributed by atoms with Gasteiger partial charge in [0.15, 0.2) is 0 Å². The highest BCUT2D eigenvalue weighted by molar-refractivity contribution is 7.10. The number of nitrogens with zero attached hydrogens (tertiary/aromatic N) is 5. The number of hydrogen-bond donors (Lipinski definition) is 0. The average molecular weight is 350 g/mol. The summed E-state index contributed by atoms with van der Waals surface area (Å²) in [5, 5.41) is 18.9. The molecule has 0 aliphatic heterocycles. The van der Waals surface area contributed by atoms with Gasteiger partial charge in [-0.05, 0) is 6.07 Å². The van der Waals surface area contributed by atoms with Crippen LogP contribution in [0.25, 0.3) is 11.3 Å². The van der Waals surface area contributed by atoms with Crippen LogP contribution in [0.2, 0.25) is 4.34 Å². The molecule has 8 nitrogen and oxygen atoms in total. The summed E-state index contributed by atoms with van der Waals surface area (Å²) >= 11 is 6.95. The van der Waals surface area contributed by atoms with Gasteiger partial charge in [-0.2, -0.15) is 5.10 Å². The lowest BCUT2D eigenvalue weighted by Crippen LogP contribution is -2.23. The van der Waals surface area contributed by atoms with Crippen molar-refractivity contribution in [3.05, 3.63) is 66.9 Å². The van der Waals surface area contributed by atoms with E-state index < -0.39 is 4.92 Å². The van der Waals surface area contributed by atoms with Gasteiger partial charge in [0.2, 0.25) is 0 Å². The molecule has 23 heavy (non-hydrogen) atoms. The zero-order valence-corrected chi connectivity index (χ0v) is 13.0. The molecule has 0 unspecified atom stereocenters. The Morgan fingerprint density at radius 2 is 2.13 bits per heavy atom. The van der Waals surface area contributed by atoms with E-state index in [1.807, 2.05) is 0 Å². The molecular formula is C13H8ClN5O3S. The van der Waals surface area contributed by atoms with Crippen molar-refractivity contribution in [2.75, 3.05) is 0 Å². The maximum atomic E-state index is 11.9. The van der Waals surface area contributed by atoms with Crippen molar-refractivity contribution in [3.63, 3.8) is 0 Å². The van der Waals surface area contributed by atoms with Gasteiger partial charge in [0.05, 0.1) is 17.2 Å². The Balaban J connectivity index is 2.00. The zero-order valence-electron chi connectivity index (χ0n) is 11.4. The third-order valence-corrected chi connectivity index (χ3v) is 4.01. The highest BCUT2D eigenvalue weighted by Crippen LogP contribution is 2.22. The first-order valence-corrected chi connectivity index (χ1v) is 7.49. The Kier molecular flexibility index (Phi) is 4.13. The fraction of sp³-hybridized carbons (Fsp3) is 0.0769. The molecule has 2 aromatic heterocycles. The molecule has 0 aliphatic carbocycles. The summed E-state index contributed by atoms with van der Waals surface area (Å²) in [6, 6.07) is 8.88. The van der Waals surface area contributed by atoms with Crippen LogP contribution < -0.4 is 5.56 Å². The third-order valence-electron chi connectivity index (χ3n) is 3.03. The molecule has 0 N–H and O–H groups in total. The van der Waals surface area contributed by atoms with Crippen molar-refractivity contribution < 1.29 is 4.92 Å². The van der Waals surface area contributed by atoms with Crippen LogP contribution >= 0.6 is 23.1 Å². The molecule has 116 valence electrons. The van der Waals surface area contributed by atoms with Crippen LogP contribution in [0.5, 0.6) is 0 Å². The van der Waals surface area contributed by atoms with Gasteiger partial charge >= 0.3 is 0 Å². The number of rotatable bonds is 4. The summed E-state index contributed by atoms with van der Waals surface area (Å²) in [5.41, 5.74) is 1.04. The van der Waals surface area contributed by atoms with E-state index in [2.05, 4.69) is 14.7 Å². The minimum absolute atomic E-state index is 0.0474. The predicted molar refractivity (Wildman–Crippen MR) is 84.6 cm³/mol. The summed E-state index contributed by atoms with van der Waals surface area (Å²) in [5.74, 6) is 0. The van der Waals surface area contributed by atoms with Crippen molar-refractivity contribution >= 4 is 28.8 Å². The van der Waals surface area contributed by atoms with Crippen LogP contribution in [0.15, 0.2) is 41.2 Å². The smallest absolute Gasteiger partial charge is 0.268 e. The van der Waals surface area contributed by atoms with Crippen LogP contribution in [0, 0.1) is 10.1 Å². The second-order valence-corrected chi connectivity index (χ2v) is 5.87. The molecule has 3 aromatic rings. The zero-order chi connectivity index (χ0) is 16.4. The van der Waals surface area contributed by atoms with E-state index in [0.29, 0.717) is 21.3 Å². The van der Waals surface area contributed by atoms with Crippen LogP contribution in [-0.4, -0.2) is 24.3 Å². The Bertz CT molecular complexity index is 939. The van der Waals surface area contributed by atoms with Crippen LogP contribution in [0.3, 0.4) is 0 Å². The van der Waals surface area contributed by atoms with Gasteiger partial charge in [-0.3, -0.25) is 14.9 Å². The Labute approximate surface area is 138 Å². The van der Waals surface area contributed by atoms with Gasteiger partial charge in [-0.25, -0.2) is 4.68 Å². The van der Waals surface area contributed by atoms with E-state index in [1.165, 1.54) is 28.9 Å². The maximum Gasteiger partial charge on any atom is 0.270 e. The number of halogens is 1. The molecule has 0 spiro atoms. The lowest BCUT2D eigenvalue weighted by atomic mass is 10.1. The number of hydrogen-bond acceptors (Lipinski definition) is 7. The molecule has 0 saturated heterocycles. The lowest BCUT2D eigenvalue weighted by molar-refractivity contribution is -0.384. The number of nitro groups is 1. The van der Waals surface area contributed by atoms with Gasteiger partial charge in [-0.15, -0.1) is 5.10 Å². The van der Waals surface area contributed by atoms with Crippen molar-refractivity contribution in [3.8, 4) is 11.3 Å². The van der Waals surface area contributed by atoms with E-state index in [9.17, 15) is 14.9 Å². The molecule has 10 heteroatoms. The van der Waals surface area contributed by atoms with Crippen LogP contribution in [0.1, 0.15) is 5.69 Å². The first-order valence-electron chi connectivity index (χ1n) is 6.34. The average Bonchev–Trinajstić information content (AvgIpc) is 2.94. The highest BCUT2D eigenvalue weighted by atomic mass is 35.5. The number of aromatic nitrogens is 4. The van der Waals surface area contributed by atoms with Gasteiger partial charge in [-0.1, -0.05) is 28.2 Å². The van der Waals surface area contributed by atoms with E-state index in [0.717, 1.165) is 11.5 Å². The topological polar surface area (TPSA) is 104 Å². The number of benzene rings is 1. The van der Waals surface area contributed by atoms with Crippen LogP contribution in [-0.2, 0) is 6.54 Å². The quantitative estimate of drug-likeness (QED) is 0.529. The minimum Gasteiger partial charge on any atom is -0.268 e. The normalized spacial score (nSPS) is 10.7. The molecule has 0 atom stereocenters. The lowest BCUT2D eigenvalue weighted by Gasteiger charge is -2.06. The SMILES string of the molecule is O=c1ccc(-c2cccc([N+](=O)[O-])c2)nn1Cc1nnsc1Cl. The van der Waals surface area contributed by atoms with Crippen LogP contribution in [0.4, 0.5) is 5.69 Å². The molecule has 0 fully saturated rings. The first kappa shape index (κ1) is 15.3. The van der Waals surface area contributed by atoms with Crippen molar-refractivity contribution in [1.82, 2.24) is 19.4 Å². The van der Waals surface area contributed by atoms with E-state index in [-0.39, 0.29) is 17.8 Å². The molecule has 0 aliphatic rings. The monoisotopic (exact) mass is 349 g/mol. The second-order valence-electron chi connectivity index (χ2n) is 4.52. The summed E-state index contributed by atoms with van der Waals surface area (Å²) < 4.78 is 5.28. The van der Waals surface area contributed by atoms with E-state index in [1.54, 1.807) is 12.1 Å². The van der Waals surface area contributed by atoms with Gasteiger partial charge < -0.3 is 0 Å². The molecule has 0 bridgehead atoms. The largest absolute Gasteiger partial charge is 0.270 e. The Hall–Kier alpha value is -2.65. The minimum atomic E-state index is -0.486. The van der Waals surface area contributed by atoms with Crippen molar-refractivity contribution in [2.24, 2.45) is 0 Å². The molecular weight excluding hydrogens is 342 g/mol. The molecule has 0 saturated carbocycles. The second kappa shape index (κ2) is 6.23. The molecule has 3 rings (SSSR count). The number of non-ortho nitro benzene ring substituents is 1. The van der Waals surface area contributed by atoms with Crippen molar-refractivity contribution in [1.29, 1.82) is 0 Å².